The molecule has 24 heavy (non-hydrogen) atoms. The van der Waals surface area contributed by atoms with E-state index in [4.69, 9.17) is 9.47 Å². The van der Waals surface area contributed by atoms with Crippen molar-refractivity contribution in [2.45, 2.75) is 26.3 Å². The zero-order valence-electron chi connectivity index (χ0n) is 13.7. The molecule has 0 radical (unpaired) electrons. The second-order valence-electron chi connectivity index (χ2n) is 5.86. The van der Waals surface area contributed by atoms with E-state index >= 15 is 0 Å². The van der Waals surface area contributed by atoms with E-state index < -0.39 is 34.4 Å². The molecule has 1 aliphatic rings. The number of carbonyl (C=O) groups excluding carboxylic acids is 2. The molecular weight excluding hydrogens is 334 g/mol. The standard InChI is InChI=1S/C16H21NO6S/c1-11-3-4-14(7-12(11)2)22-9-16(19)23-8-15(18)17-13-5-6-24(20,21)10-13/h3-4,7,13H,5-6,8-10H2,1-2H3,(H,17,18)/t13-/m0/s1. The number of nitrogens with one attached hydrogen (secondary N) is 1. The predicted octanol–water partition coefficient (Wildman–Crippen LogP) is 0.529. The largest absolute Gasteiger partial charge is 0.482 e. The Morgan fingerprint density at radius 1 is 1.21 bits per heavy atom. The van der Waals surface area contributed by atoms with Gasteiger partial charge in [-0.3, -0.25) is 4.79 Å². The summed E-state index contributed by atoms with van der Waals surface area (Å²) in [5, 5.41) is 2.54. The van der Waals surface area contributed by atoms with Gasteiger partial charge in [-0.15, -0.1) is 0 Å². The van der Waals surface area contributed by atoms with Crippen LogP contribution in [-0.4, -0.2) is 51.1 Å². The third kappa shape index (κ3) is 5.52. The molecule has 1 fully saturated rings. The molecule has 1 atom stereocenters. The van der Waals surface area contributed by atoms with Crippen molar-refractivity contribution in [3.63, 3.8) is 0 Å². The monoisotopic (exact) mass is 355 g/mol. The number of amides is 1. The lowest BCUT2D eigenvalue weighted by atomic mass is 10.1. The van der Waals surface area contributed by atoms with E-state index in [9.17, 15) is 18.0 Å². The molecule has 0 bridgehead atoms. The van der Waals surface area contributed by atoms with Crippen LogP contribution in [-0.2, 0) is 24.2 Å². The van der Waals surface area contributed by atoms with Crippen molar-refractivity contribution >= 4 is 21.7 Å². The van der Waals surface area contributed by atoms with Crippen molar-refractivity contribution < 1.29 is 27.5 Å². The van der Waals surface area contributed by atoms with Gasteiger partial charge in [0.15, 0.2) is 23.1 Å². The maximum absolute atomic E-state index is 11.6. The number of sulfone groups is 1. The van der Waals surface area contributed by atoms with Crippen molar-refractivity contribution in [3.05, 3.63) is 29.3 Å². The van der Waals surface area contributed by atoms with Crippen LogP contribution in [0, 0.1) is 13.8 Å². The molecule has 0 aromatic heterocycles. The number of hydrogen-bond acceptors (Lipinski definition) is 6. The molecule has 132 valence electrons. The van der Waals surface area contributed by atoms with Crippen LogP contribution in [0.25, 0.3) is 0 Å². The molecule has 1 aromatic rings. The van der Waals surface area contributed by atoms with Crippen molar-refractivity contribution in [2.75, 3.05) is 24.7 Å². The summed E-state index contributed by atoms with van der Waals surface area (Å²) in [5.41, 5.74) is 2.17. The van der Waals surface area contributed by atoms with E-state index in [1.165, 1.54) is 0 Å². The highest BCUT2D eigenvalue weighted by molar-refractivity contribution is 7.91. The molecule has 1 heterocycles. The molecule has 1 aromatic carbocycles. The summed E-state index contributed by atoms with van der Waals surface area (Å²) in [6.45, 7) is 3.16. The summed E-state index contributed by atoms with van der Waals surface area (Å²) in [7, 11) is -3.06. The maximum Gasteiger partial charge on any atom is 0.344 e. The van der Waals surface area contributed by atoms with Crippen LogP contribution >= 0.6 is 0 Å². The van der Waals surface area contributed by atoms with E-state index in [0.29, 0.717) is 12.2 Å². The number of rotatable bonds is 6. The molecule has 7 nitrogen and oxygen atoms in total. The van der Waals surface area contributed by atoms with Gasteiger partial charge in [0, 0.05) is 6.04 Å². The van der Waals surface area contributed by atoms with Gasteiger partial charge in [-0.25, -0.2) is 13.2 Å². The van der Waals surface area contributed by atoms with Gasteiger partial charge < -0.3 is 14.8 Å². The lowest BCUT2D eigenvalue weighted by Crippen LogP contribution is -2.38. The Bertz CT molecular complexity index is 728. The zero-order valence-corrected chi connectivity index (χ0v) is 14.5. The Kier molecular flexibility index (Phi) is 5.82. The minimum atomic E-state index is -3.06. The van der Waals surface area contributed by atoms with Crippen molar-refractivity contribution in [3.8, 4) is 5.75 Å². The predicted molar refractivity (Wildman–Crippen MR) is 87.6 cm³/mol. The Morgan fingerprint density at radius 3 is 2.58 bits per heavy atom. The summed E-state index contributed by atoms with van der Waals surface area (Å²) >= 11 is 0. The summed E-state index contributed by atoms with van der Waals surface area (Å²) in [6.07, 6.45) is 0.387. The van der Waals surface area contributed by atoms with Crippen LogP contribution in [0.2, 0.25) is 0 Å². The molecule has 2 rings (SSSR count). The van der Waals surface area contributed by atoms with Gasteiger partial charge in [0.25, 0.3) is 5.91 Å². The molecule has 1 saturated heterocycles. The first kappa shape index (κ1) is 18.3. The fraction of sp³-hybridized carbons (Fsp3) is 0.500. The molecule has 0 unspecified atom stereocenters. The van der Waals surface area contributed by atoms with Crippen molar-refractivity contribution in [1.29, 1.82) is 0 Å². The average molecular weight is 355 g/mol. The second-order valence-corrected chi connectivity index (χ2v) is 8.09. The fourth-order valence-corrected chi connectivity index (χ4v) is 3.99. The Balaban J connectivity index is 1.69. The van der Waals surface area contributed by atoms with E-state index in [1.54, 1.807) is 6.07 Å². The highest BCUT2D eigenvalue weighted by atomic mass is 32.2. The van der Waals surface area contributed by atoms with Gasteiger partial charge in [-0.1, -0.05) is 6.07 Å². The Morgan fingerprint density at radius 2 is 1.96 bits per heavy atom. The highest BCUT2D eigenvalue weighted by Crippen LogP contribution is 2.16. The minimum Gasteiger partial charge on any atom is -0.482 e. The van der Waals surface area contributed by atoms with E-state index in [-0.39, 0.29) is 18.1 Å². The van der Waals surface area contributed by atoms with Crippen LogP contribution < -0.4 is 10.1 Å². The topological polar surface area (TPSA) is 98.8 Å². The van der Waals surface area contributed by atoms with Gasteiger partial charge in [-0.2, -0.15) is 0 Å². The number of aryl methyl sites for hydroxylation is 2. The molecule has 0 aliphatic carbocycles. The zero-order chi connectivity index (χ0) is 17.7. The van der Waals surface area contributed by atoms with E-state index in [1.807, 2.05) is 26.0 Å². The summed E-state index contributed by atoms with van der Waals surface area (Å²) < 4.78 is 32.7. The Hall–Kier alpha value is -2.09. The Labute approximate surface area is 141 Å². The fourth-order valence-electron chi connectivity index (χ4n) is 2.31. The summed E-state index contributed by atoms with van der Waals surface area (Å²) in [4.78, 5) is 23.2. The second kappa shape index (κ2) is 7.65. The lowest BCUT2D eigenvalue weighted by molar-refractivity contribution is -0.150. The number of ether oxygens (including phenoxy) is 2. The quantitative estimate of drug-likeness (QED) is 0.748. The number of esters is 1. The number of benzene rings is 1. The number of hydrogen-bond donors (Lipinski definition) is 1. The van der Waals surface area contributed by atoms with Crippen LogP contribution in [0.15, 0.2) is 18.2 Å². The smallest absolute Gasteiger partial charge is 0.344 e. The molecule has 1 N–H and O–H groups in total. The van der Waals surface area contributed by atoms with Gasteiger partial charge in [0.05, 0.1) is 11.5 Å². The van der Waals surface area contributed by atoms with E-state index in [0.717, 1.165) is 11.1 Å². The SMILES string of the molecule is Cc1ccc(OCC(=O)OCC(=O)N[C@H]2CCS(=O)(=O)C2)cc1C. The van der Waals surface area contributed by atoms with Gasteiger partial charge in [-0.05, 0) is 43.5 Å². The molecule has 8 heteroatoms. The third-order valence-corrected chi connectivity index (χ3v) is 5.56. The van der Waals surface area contributed by atoms with Gasteiger partial charge in [0.1, 0.15) is 5.75 Å². The molecule has 1 aliphatic heterocycles. The van der Waals surface area contributed by atoms with Crippen LogP contribution in [0.3, 0.4) is 0 Å². The van der Waals surface area contributed by atoms with Crippen LogP contribution in [0.5, 0.6) is 5.75 Å². The van der Waals surface area contributed by atoms with Crippen LogP contribution in [0.1, 0.15) is 17.5 Å². The van der Waals surface area contributed by atoms with Gasteiger partial charge >= 0.3 is 5.97 Å². The minimum absolute atomic E-state index is 0.0669. The first-order chi connectivity index (χ1) is 11.2. The van der Waals surface area contributed by atoms with Crippen LogP contribution in [0.4, 0.5) is 0 Å². The average Bonchev–Trinajstić information content (AvgIpc) is 2.85. The third-order valence-electron chi connectivity index (χ3n) is 3.80. The summed E-state index contributed by atoms with van der Waals surface area (Å²) in [5.74, 6) is -0.626. The van der Waals surface area contributed by atoms with Crippen molar-refractivity contribution in [1.82, 2.24) is 5.32 Å². The maximum atomic E-state index is 11.6. The molecule has 0 spiro atoms. The highest BCUT2D eigenvalue weighted by Gasteiger charge is 2.29. The molecule has 0 saturated carbocycles. The van der Waals surface area contributed by atoms with Crippen molar-refractivity contribution in [2.24, 2.45) is 0 Å². The number of carbonyl (C=O) groups is 2. The van der Waals surface area contributed by atoms with E-state index in [2.05, 4.69) is 5.32 Å². The first-order valence-electron chi connectivity index (χ1n) is 7.60. The molecular formula is C16H21NO6S. The molecule has 1 amide bonds. The normalized spacial score (nSPS) is 18.8. The first-order valence-corrected chi connectivity index (χ1v) is 9.43. The summed E-state index contributed by atoms with van der Waals surface area (Å²) in [6, 6.07) is 5.05. The lowest BCUT2D eigenvalue weighted by Gasteiger charge is -2.11. The van der Waals surface area contributed by atoms with Gasteiger partial charge in [0.2, 0.25) is 0 Å².